The van der Waals surface area contributed by atoms with Gasteiger partial charge < -0.3 is 9.52 Å². The highest BCUT2D eigenvalue weighted by Gasteiger charge is 2.13. The molecule has 0 fully saturated rings. The number of hydrazine groups is 1. The van der Waals surface area contributed by atoms with Crippen molar-refractivity contribution in [1.29, 1.82) is 0 Å². The lowest BCUT2D eigenvalue weighted by Gasteiger charge is -2.07. The molecule has 8 nitrogen and oxygen atoms in total. The summed E-state index contributed by atoms with van der Waals surface area (Å²) in [5.74, 6) is -0.447. The van der Waals surface area contributed by atoms with Gasteiger partial charge in [-0.2, -0.15) is 11.3 Å². The molecule has 9 heteroatoms. The van der Waals surface area contributed by atoms with Gasteiger partial charge in [0.05, 0.1) is 5.56 Å². The molecule has 25 heavy (non-hydrogen) atoms. The monoisotopic (exact) mass is 358 g/mol. The van der Waals surface area contributed by atoms with E-state index in [4.69, 9.17) is 4.42 Å². The lowest BCUT2D eigenvalue weighted by Crippen LogP contribution is -2.41. The zero-order chi connectivity index (χ0) is 17.6. The summed E-state index contributed by atoms with van der Waals surface area (Å²) in [6.45, 7) is 0. The fraction of sp³-hybridized carbons (Fsp3) is 0.125. The average Bonchev–Trinajstić information content (AvgIpc) is 3.29. The van der Waals surface area contributed by atoms with Gasteiger partial charge in [0.1, 0.15) is 5.75 Å². The summed E-state index contributed by atoms with van der Waals surface area (Å²) in [6, 6.07) is 7.90. The van der Waals surface area contributed by atoms with Crippen LogP contribution in [0, 0.1) is 0 Å². The number of phenols is 1. The summed E-state index contributed by atoms with van der Waals surface area (Å²) in [6.07, 6.45) is 0.307. The van der Waals surface area contributed by atoms with E-state index in [1.165, 1.54) is 23.5 Å². The zero-order valence-electron chi connectivity index (χ0n) is 12.9. The molecule has 0 aliphatic rings. The Morgan fingerprint density at radius 1 is 1.16 bits per heavy atom. The molecular weight excluding hydrogens is 344 g/mol. The van der Waals surface area contributed by atoms with Crippen LogP contribution in [0.1, 0.15) is 22.7 Å². The summed E-state index contributed by atoms with van der Waals surface area (Å²) >= 11 is 1.52. The molecule has 0 saturated heterocycles. The first-order valence-corrected chi connectivity index (χ1v) is 8.30. The molecule has 0 aliphatic carbocycles. The fourth-order valence-corrected chi connectivity index (χ4v) is 2.63. The number of hydrogen-bond donors (Lipinski definition) is 3. The van der Waals surface area contributed by atoms with Crippen LogP contribution in [0.3, 0.4) is 0 Å². The summed E-state index contributed by atoms with van der Waals surface area (Å²) in [5.41, 5.74) is 5.42. The van der Waals surface area contributed by atoms with Gasteiger partial charge in [-0.3, -0.25) is 20.4 Å². The molecule has 2 aromatic heterocycles. The van der Waals surface area contributed by atoms with Crippen molar-refractivity contribution in [3.8, 4) is 17.2 Å². The number of aromatic nitrogens is 2. The van der Waals surface area contributed by atoms with E-state index in [-0.39, 0.29) is 24.2 Å². The Bertz CT molecular complexity index is 876. The number of rotatable bonds is 5. The van der Waals surface area contributed by atoms with Crippen molar-refractivity contribution in [2.24, 2.45) is 0 Å². The number of phenolic OH excluding ortho intramolecular Hbond substituents is 1. The maximum absolute atomic E-state index is 11.9. The van der Waals surface area contributed by atoms with Crippen LogP contribution in [0.15, 0.2) is 45.5 Å². The van der Waals surface area contributed by atoms with Crippen LogP contribution in [0.2, 0.25) is 0 Å². The van der Waals surface area contributed by atoms with E-state index in [1.54, 1.807) is 12.1 Å². The Morgan fingerprint density at radius 3 is 2.76 bits per heavy atom. The second kappa shape index (κ2) is 7.58. The van der Waals surface area contributed by atoms with Crippen LogP contribution < -0.4 is 10.9 Å². The molecular formula is C16H14N4O4S. The molecule has 0 bridgehead atoms. The number of amides is 2. The van der Waals surface area contributed by atoms with Gasteiger partial charge in [-0.15, -0.1) is 10.2 Å². The Hall–Kier alpha value is -3.20. The highest BCUT2D eigenvalue weighted by molar-refractivity contribution is 7.08. The SMILES string of the molecule is O=C(CCc1nnc(-c2ccsc2)o1)NNC(=O)c1ccccc1O. The number of aryl methyl sites for hydroxylation is 1. The average molecular weight is 358 g/mol. The van der Waals surface area contributed by atoms with Crippen molar-refractivity contribution in [2.45, 2.75) is 12.8 Å². The number of benzene rings is 1. The third-order valence-corrected chi connectivity index (χ3v) is 3.95. The predicted octanol–water partition coefficient (Wildman–Crippen LogP) is 1.90. The van der Waals surface area contributed by atoms with E-state index in [0.29, 0.717) is 11.8 Å². The minimum atomic E-state index is -0.607. The highest BCUT2D eigenvalue weighted by Crippen LogP contribution is 2.20. The number of para-hydroxylation sites is 1. The Balaban J connectivity index is 1.47. The van der Waals surface area contributed by atoms with Crippen molar-refractivity contribution in [3.63, 3.8) is 0 Å². The minimum Gasteiger partial charge on any atom is -0.507 e. The van der Waals surface area contributed by atoms with Crippen molar-refractivity contribution in [3.05, 3.63) is 52.5 Å². The van der Waals surface area contributed by atoms with Gasteiger partial charge in [0.2, 0.25) is 17.7 Å². The third kappa shape index (κ3) is 4.21. The molecule has 0 aliphatic heterocycles. The van der Waals surface area contributed by atoms with Crippen LogP contribution in [0.5, 0.6) is 5.75 Å². The predicted molar refractivity (Wildman–Crippen MR) is 89.6 cm³/mol. The standard InChI is InChI=1S/C16H14N4O4S/c21-12-4-2-1-3-11(12)15(23)19-17-13(22)5-6-14-18-20-16(24-14)10-7-8-25-9-10/h1-4,7-9,21H,5-6H2,(H,17,22)(H,19,23). The second-order valence-corrected chi connectivity index (χ2v) is 5.81. The number of nitrogens with zero attached hydrogens (tertiary/aromatic N) is 2. The molecule has 0 radical (unpaired) electrons. The van der Waals surface area contributed by atoms with Crippen LogP contribution in [-0.2, 0) is 11.2 Å². The number of hydrogen-bond acceptors (Lipinski definition) is 7. The number of carbonyl (C=O) groups excluding carboxylic acids is 2. The smallest absolute Gasteiger partial charge is 0.273 e. The van der Waals surface area contributed by atoms with Crippen LogP contribution in [0.25, 0.3) is 11.5 Å². The summed E-state index contributed by atoms with van der Waals surface area (Å²) < 4.78 is 5.47. The maximum Gasteiger partial charge on any atom is 0.273 e. The first-order chi connectivity index (χ1) is 12.1. The summed E-state index contributed by atoms with van der Waals surface area (Å²) in [7, 11) is 0. The fourth-order valence-electron chi connectivity index (χ4n) is 2.00. The molecule has 2 amide bonds. The lowest BCUT2D eigenvalue weighted by atomic mass is 10.2. The van der Waals surface area contributed by atoms with E-state index in [0.717, 1.165) is 5.56 Å². The topological polar surface area (TPSA) is 117 Å². The van der Waals surface area contributed by atoms with Gasteiger partial charge in [0, 0.05) is 23.8 Å². The summed E-state index contributed by atoms with van der Waals surface area (Å²) in [4.78, 5) is 23.6. The van der Waals surface area contributed by atoms with E-state index in [9.17, 15) is 14.7 Å². The largest absolute Gasteiger partial charge is 0.507 e. The van der Waals surface area contributed by atoms with E-state index < -0.39 is 11.8 Å². The van der Waals surface area contributed by atoms with Gasteiger partial charge in [-0.25, -0.2) is 0 Å². The first kappa shape index (κ1) is 16.7. The molecule has 2 heterocycles. The quantitative estimate of drug-likeness (QED) is 0.600. The van der Waals surface area contributed by atoms with Crippen molar-refractivity contribution >= 4 is 23.2 Å². The third-order valence-electron chi connectivity index (χ3n) is 3.27. The molecule has 0 atom stereocenters. The molecule has 0 saturated carbocycles. The number of aromatic hydroxyl groups is 1. The Kier molecular flexibility index (Phi) is 5.05. The van der Waals surface area contributed by atoms with Gasteiger partial charge in [-0.1, -0.05) is 12.1 Å². The lowest BCUT2D eigenvalue weighted by molar-refractivity contribution is -0.121. The van der Waals surface area contributed by atoms with Gasteiger partial charge >= 0.3 is 0 Å². The van der Waals surface area contributed by atoms with Gasteiger partial charge in [0.15, 0.2) is 0 Å². The number of carbonyl (C=O) groups is 2. The van der Waals surface area contributed by atoms with Crippen molar-refractivity contribution in [1.82, 2.24) is 21.0 Å². The number of thiophene rings is 1. The second-order valence-electron chi connectivity index (χ2n) is 5.03. The molecule has 128 valence electrons. The number of nitrogens with one attached hydrogen (secondary N) is 2. The molecule has 0 unspecified atom stereocenters. The van der Waals surface area contributed by atoms with Crippen molar-refractivity contribution < 1.29 is 19.1 Å². The van der Waals surface area contributed by atoms with E-state index in [2.05, 4.69) is 21.0 Å². The first-order valence-electron chi connectivity index (χ1n) is 7.35. The molecule has 3 rings (SSSR count). The molecule has 1 aromatic carbocycles. The zero-order valence-corrected chi connectivity index (χ0v) is 13.7. The normalized spacial score (nSPS) is 10.4. The van der Waals surface area contributed by atoms with Gasteiger partial charge in [-0.05, 0) is 23.6 Å². The Morgan fingerprint density at radius 2 is 2.00 bits per heavy atom. The Labute approximate surface area is 146 Å². The molecule has 3 aromatic rings. The summed E-state index contributed by atoms with van der Waals surface area (Å²) in [5, 5.41) is 21.2. The van der Waals surface area contributed by atoms with Crippen LogP contribution in [-0.4, -0.2) is 27.1 Å². The van der Waals surface area contributed by atoms with Gasteiger partial charge in [0.25, 0.3) is 5.91 Å². The molecule has 0 spiro atoms. The van der Waals surface area contributed by atoms with E-state index in [1.807, 2.05) is 16.8 Å². The minimum absolute atomic E-state index is 0.0618. The van der Waals surface area contributed by atoms with Crippen LogP contribution >= 0.6 is 11.3 Å². The van der Waals surface area contributed by atoms with Crippen LogP contribution in [0.4, 0.5) is 0 Å². The van der Waals surface area contributed by atoms with E-state index >= 15 is 0 Å². The molecule has 3 N–H and O–H groups in total. The maximum atomic E-state index is 11.9. The highest BCUT2D eigenvalue weighted by atomic mass is 32.1. The van der Waals surface area contributed by atoms with Crippen molar-refractivity contribution in [2.75, 3.05) is 0 Å².